The highest BCUT2D eigenvalue weighted by Gasteiger charge is 2.26. The number of nitrogens with zero attached hydrogens (tertiary/aromatic N) is 1. The van der Waals surface area contributed by atoms with Crippen LogP contribution in [0.2, 0.25) is 0 Å². The van der Waals surface area contributed by atoms with Crippen LogP contribution in [0, 0.1) is 5.82 Å². The maximum atomic E-state index is 14.1. The van der Waals surface area contributed by atoms with Crippen LogP contribution in [0.1, 0.15) is 28.9 Å². The molecular formula is C18H17BrFNO2. The second-order valence-electron chi connectivity index (χ2n) is 5.52. The maximum Gasteiger partial charge on any atom is 0.164 e. The Morgan fingerprint density at radius 2 is 2.04 bits per heavy atom. The Labute approximate surface area is 143 Å². The molecule has 0 spiro atoms. The average Bonchev–Trinajstić information content (AvgIpc) is 2.55. The molecule has 0 aliphatic carbocycles. The van der Waals surface area contributed by atoms with Crippen LogP contribution in [0.3, 0.4) is 0 Å². The van der Waals surface area contributed by atoms with Crippen molar-refractivity contribution < 1.29 is 13.9 Å². The SMILES string of the molecule is CC(=O)c1c(F)cccc1N1CCOC(c2ccccc2Br)C1. The highest BCUT2D eigenvalue weighted by Crippen LogP contribution is 2.32. The minimum absolute atomic E-state index is 0.123. The normalized spacial score (nSPS) is 18.0. The number of anilines is 1. The van der Waals surface area contributed by atoms with Crippen molar-refractivity contribution in [3.05, 3.63) is 63.9 Å². The van der Waals surface area contributed by atoms with E-state index in [9.17, 15) is 9.18 Å². The monoisotopic (exact) mass is 377 g/mol. The summed E-state index contributed by atoms with van der Waals surface area (Å²) in [5, 5.41) is 0. The summed E-state index contributed by atoms with van der Waals surface area (Å²) in [6, 6.07) is 12.7. The minimum atomic E-state index is -0.473. The third-order valence-electron chi connectivity index (χ3n) is 4.00. The third kappa shape index (κ3) is 3.31. The number of carbonyl (C=O) groups is 1. The van der Waals surface area contributed by atoms with Gasteiger partial charge in [-0.15, -0.1) is 0 Å². The number of benzene rings is 2. The van der Waals surface area contributed by atoms with E-state index in [0.29, 0.717) is 25.4 Å². The van der Waals surface area contributed by atoms with Gasteiger partial charge in [-0.2, -0.15) is 0 Å². The number of ether oxygens (including phenoxy) is 1. The molecule has 1 heterocycles. The van der Waals surface area contributed by atoms with E-state index in [2.05, 4.69) is 15.9 Å². The van der Waals surface area contributed by atoms with E-state index >= 15 is 0 Å². The molecule has 120 valence electrons. The number of ketones is 1. The molecule has 1 unspecified atom stereocenters. The van der Waals surface area contributed by atoms with Gasteiger partial charge in [0.2, 0.25) is 0 Å². The molecule has 1 aliphatic rings. The van der Waals surface area contributed by atoms with Crippen molar-refractivity contribution in [3.63, 3.8) is 0 Å². The molecule has 0 aromatic heterocycles. The van der Waals surface area contributed by atoms with Crippen molar-refractivity contribution in [3.8, 4) is 0 Å². The fourth-order valence-corrected chi connectivity index (χ4v) is 3.46. The Morgan fingerprint density at radius 3 is 2.78 bits per heavy atom. The van der Waals surface area contributed by atoms with Gasteiger partial charge < -0.3 is 9.64 Å². The topological polar surface area (TPSA) is 29.5 Å². The molecule has 0 amide bonds. The molecule has 23 heavy (non-hydrogen) atoms. The zero-order chi connectivity index (χ0) is 16.4. The van der Waals surface area contributed by atoms with Gasteiger partial charge in [0.1, 0.15) is 11.9 Å². The van der Waals surface area contributed by atoms with Crippen molar-refractivity contribution in [1.29, 1.82) is 0 Å². The lowest BCUT2D eigenvalue weighted by molar-refractivity contribution is 0.0392. The first-order valence-corrected chi connectivity index (χ1v) is 8.27. The number of hydrogen-bond donors (Lipinski definition) is 0. The van der Waals surface area contributed by atoms with Gasteiger partial charge in [-0.05, 0) is 30.7 Å². The standard InChI is InChI=1S/C18H17BrFNO2/c1-12(22)18-15(20)7-4-8-16(18)21-9-10-23-17(11-21)13-5-2-3-6-14(13)19/h2-8,17H,9-11H2,1H3. The summed E-state index contributed by atoms with van der Waals surface area (Å²) in [6.45, 7) is 3.13. The maximum absolute atomic E-state index is 14.1. The van der Waals surface area contributed by atoms with Crippen LogP contribution < -0.4 is 4.90 Å². The van der Waals surface area contributed by atoms with E-state index in [1.54, 1.807) is 12.1 Å². The van der Waals surface area contributed by atoms with Crippen molar-refractivity contribution in [2.75, 3.05) is 24.6 Å². The highest BCUT2D eigenvalue weighted by molar-refractivity contribution is 9.10. The van der Waals surface area contributed by atoms with Gasteiger partial charge in [0, 0.05) is 17.6 Å². The second-order valence-corrected chi connectivity index (χ2v) is 6.37. The summed E-state index contributed by atoms with van der Waals surface area (Å²) in [6.07, 6.45) is -0.123. The molecule has 3 nitrogen and oxygen atoms in total. The van der Waals surface area contributed by atoms with E-state index < -0.39 is 5.82 Å². The smallest absolute Gasteiger partial charge is 0.164 e. The number of Topliss-reactive ketones (excluding diaryl/α,β-unsaturated/α-hetero) is 1. The Morgan fingerprint density at radius 1 is 1.26 bits per heavy atom. The zero-order valence-corrected chi connectivity index (χ0v) is 14.3. The van der Waals surface area contributed by atoms with Gasteiger partial charge in [0.15, 0.2) is 5.78 Å². The summed E-state index contributed by atoms with van der Waals surface area (Å²) in [5.41, 5.74) is 1.84. The zero-order valence-electron chi connectivity index (χ0n) is 12.8. The molecule has 0 bridgehead atoms. The van der Waals surface area contributed by atoms with Gasteiger partial charge in [0.05, 0.1) is 17.9 Å². The second kappa shape index (κ2) is 6.81. The molecule has 1 aliphatic heterocycles. The van der Waals surface area contributed by atoms with E-state index in [4.69, 9.17) is 4.74 Å². The molecule has 0 radical (unpaired) electrons. The minimum Gasteiger partial charge on any atom is -0.370 e. The lowest BCUT2D eigenvalue weighted by Crippen LogP contribution is -2.39. The predicted molar refractivity (Wildman–Crippen MR) is 91.5 cm³/mol. The Hall–Kier alpha value is -1.72. The largest absolute Gasteiger partial charge is 0.370 e. The molecule has 2 aromatic rings. The molecule has 3 rings (SSSR count). The van der Waals surface area contributed by atoms with Crippen molar-refractivity contribution in [2.45, 2.75) is 13.0 Å². The fourth-order valence-electron chi connectivity index (χ4n) is 2.92. The van der Waals surface area contributed by atoms with E-state index in [1.165, 1.54) is 13.0 Å². The quantitative estimate of drug-likeness (QED) is 0.743. The van der Waals surface area contributed by atoms with Crippen molar-refractivity contribution >= 4 is 27.4 Å². The van der Waals surface area contributed by atoms with Gasteiger partial charge in [-0.25, -0.2) is 4.39 Å². The highest BCUT2D eigenvalue weighted by atomic mass is 79.9. The van der Waals surface area contributed by atoms with E-state index in [1.807, 2.05) is 29.2 Å². The summed E-state index contributed by atoms with van der Waals surface area (Å²) >= 11 is 3.54. The van der Waals surface area contributed by atoms with Crippen LogP contribution in [0.5, 0.6) is 0 Å². The van der Waals surface area contributed by atoms with Crippen molar-refractivity contribution in [1.82, 2.24) is 0 Å². The lowest BCUT2D eigenvalue weighted by Gasteiger charge is -2.36. The summed E-state index contributed by atoms with van der Waals surface area (Å²) in [5.74, 6) is -0.735. The fraction of sp³-hybridized carbons (Fsp3) is 0.278. The average molecular weight is 378 g/mol. The van der Waals surface area contributed by atoms with Crippen LogP contribution in [-0.2, 0) is 4.74 Å². The van der Waals surface area contributed by atoms with E-state index in [0.717, 1.165) is 10.0 Å². The van der Waals surface area contributed by atoms with Crippen LogP contribution >= 0.6 is 15.9 Å². The van der Waals surface area contributed by atoms with Crippen LogP contribution in [-0.4, -0.2) is 25.5 Å². The van der Waals surface area contributed by atoms with Crippen LogP contribution in [0.15, 0.2) is 46.9 Å². The predicted octanol–water partition coefficient (Wildman–Crippen LogP) is 4.37. The summed E-state index contributed by atoms with van der Waals surface area (Å²) in [4.78, 5) is 13.9. The molecular weight excluding hydrogens is 361 g/mol. The first kappa shape index (κ1) is 16.1. The summed E-state index contributed by atoms with van der Waals surface area (Å²) < 4.78 is 20.9. The van der Waals surface area contributed by atoms with Gasteiger partial charge >= 0.3 is 0 Å². The van der Waals surface area contributed by atoms with Crippen LogP contribution in [0.25, 0.3) is 0 Å². The number of rotatable bonds is 3. The molecule has 2 aromatic carbocycles. The molecule has 1 fully saturated rings. The third-order valence-corrected chi connectivity index (χ3v) is 4.73. The molecule has 0 N–H and O–H groups in total. The number of halogens is 2. The Bertz CT molecular complexity index is 735. The number of carbonyl (C=O) groups excluding carboxylic acids is 1. The molecule has 1 atom stereocenters. The molecule has 1 saturated heterocycles. The van der Waals surface area contributed by atoms with Gasteiger partial charge in [-0.3, -0.25) is 4.79 Å². The Kier molecular flexibility index (Phi) is 4.78. The van der Waals surface area contributed by atoms with E-state index in [-0.39, 0.29) is 17.5 Å². The van der Waals surface area contributed by atoms with Crippen molar-refractivity contribution in [2.24, 2.45) is 0 Å². The lowest BCUT2D eigenvalue weighted by atomic mass is 10.0. The molecule has 5 heteroatoms. The number of morpholine rings is 1. The number of hydrogen-bond acceptors (Lipinski definition) is 3. The van der Waals surface area contributed by atoms with Gasteiger partial charge in [0.25, 0.3) is 0 Å². The molecule has 0 saturated carbocycles. The van der Waals surface area contributed by atoms with Gasteiger partial charge in [-0.1, -0.05) is 40.2 Å². The Balaban J connectivity index is 1.92. The summed E-state index contributed by atoms with van der Waals surface area (Å²) in [7, 11) is 0. The first-order valence-electron chi connectivity index (χ1n) is 7.48. The first-order chi connectivity index (χ1) is 11.1. The van der Waals surface area contributed by atoms with Crippen LogP contribution in [0.4, 0.5) is 10.1 Å².